The van der Waals surface area contributed by atoms with Gasteiger partial charge in [0.15, 0.2) is 11.2 Å². The molecule has 7 heteroatoms. The van der Waals surface area contributed by atoms with Crippen molar-refractivity contribution in [2.45, 2.75) is 19.5 Å². The van der Waals surface area contributed by atoms with Crippen LogP contribution in [0.3, 0.4) is 0 Å². The van der Waals surface area contributed by atoms with Gasteiger partial charge in [-0.05, 0) is 24.7 Å². The first-order valence-corrected chi connectivity index (χ1v) is 7.31. The zero-order valence-electron chi connectivity index (χ0n) is 12.6. The number of amidine groups is 1. The summed E-state index contributed by atoms with van der Waals surface area (Å²) >= 11 is 5.30. The normalized spacial score (nSPS) is 21.4. The van der Waals surface area contributed by atoms with E-state index in [1.807, 2.05) is 31.2 Å². The zero-order valence-corrected chi connectivity index (χ0v) is 13.4. The summed E-state index contributed by atoms with van der Waals surface area (Å²) in [5.41, 5.74) is 2.19. The van der Waals surface area contributed by atoms with Crippen molar-refractivity contribution in [3.05, 3.63) is 35.4 Å². The molecule has 0 aliphatic carbocycles. The minimum Gasteiger partial charge on any atom is -0.324 e. The number of hydrogen-bond donors (Lipinski definition) is 0. The maximum Gasteiger partial charge on any atom is 0.331 e. The maximum absolute atomic E-state index is 12.5. The number of aliphatic imine (C=N–C) groups is 1. The van der Waals surface area contributed by atoms with Crippen LogP contribution in [0.25, 0.3) is 0 Å². The first-order valence-electron chi connectivity index (χ1n) is 6.90. The van der Waals surface area contributed by atoms with Crippen molar-refractivity contribution in [3.8, 4) is 0 Å². The van der Waals surface area contributed by atoms with E-state index in [1.165, 1.54) is 11.9 Å². The minimum absolute atomic E-state index is 0.297. The average Bonchev–Trinajstić information content (AvgIpc) is 2.80. The number of hydrogen-bond acceptors (Lipinski definition) is 3. The smallest absolute Gasteiger partial charge is 0.324 e. The molecule has 0 radical (unpaired) electrons. The van der Waals surface area contributed by atoms with Crippen molar-refractivity contribution in [2.24, 2.45) is 4.99 Å². The highest BCUT2D eigenvalue weighted by Gasteiger charge is 2.48. The van der Waals surface area contributed by atoms with E-state index in [2.05, 4.69) is 4.99 Å². The molecular weight excluding hydrogens is 300 g/mol. The molecule has 2 aliphatic rings. The van der Waals surface area contributed by atoms with Crippen molar-refractivity contribution in [3.63, 3.8) is 0 Å². The van der Waals surface area contributed by atoms with E-state index in [4.69, 9.17) is 12.2 Å². The van der Waals surface area contributed by atoms with Gasteiger partial charge in [-0.1, -0.05) is 29.8 Å². The summed E-state index contributed by atoms with van der Waals surface area (Å²) in [7, 11) is 3.08. The van der Waals surface area contributed by atoms with Crippen LogP contribution in [0, 0.1) is 6.92 Å². The highest BCUT2D eigenvalue weighted by Crippen LogP contribution is 2.24. The van der Waals surface area contributed by atoms with E-state index < -0.39 is 6.04 Å². The molecule has 1 aromatic carbocycles. The maximum atomic E-state index is 12.5. The second-order valence-corrected chi connectivity index (χ2v) is 5.88. The van der Waals surface area contributed by atoms with Crippen molar-refractivity contribution >= 4 is 35.1 Å². The molecule has 1 unspecified atom stereocenters. The van der Waals surface area contributed by atoms with Crippen molar-refractivity contribution in [2.75, 3.05) is 14.1 Å². The molecule has 2 heterocycles. The van der Waals surface area contributed by atoms with E-state index in [-0.39, 0.29) is 11.9 Å². The summed E-state index contributed by atoms with van der Waals surface area (Å²) in [6, 6.07) is 7.00. The lowest BCUT2D eigenvalue weighted by molar-refractivity contribution is -0.130. The monoisotopic (exact) mass is 316 g/mol. The molecule has 1 atom stereocenters. The highest BCUT2D eigenvalue weighted by atomic mass is 32.1. The number of thiocarbonyl (C=S) groups is 1. The molecule has 0 bridgehead atoms. The molecule has 3 rings (SSSR count). The van der Waals surface area contributed by atoms with E-state index in [0.29, 0.717) is 17.5 Å². The van der Waals surface area contributed by atoms with E-state index in [0.717, 1.165) is 16.0 Å². The Kier molecular flexibility index (Phi) is 3.44. The molecule has 2 aliphatic heterocycles. The largest absolute Gasteiger partial charge is 0.331 e. The van der Waals surface area contributed by atoms with Gasteiger partial charge < -0.3 is 4.90 Å². The first-order chi connectivity index (χ1) is 10.4. The van der Waals surface area contributed by atoms with E-state index >= 15 is 0 Å². The molecule has 0 spiro atoms. The summed E-state index contributed by atoms with van der Waals surface area (Å²) < 4.78 is 0. The lowest BCUT2D eigenvalue weighted by Crippen LogP contribution is -2.62. The molecule has 1 aromatic rings. The molecule has 1 fully saturated rings. The van der Waals surface area contributed by atoms with Gasteiger partial charge in [0, 0.05) is 20.6 Å². The number of carbonyl (C=O) groups is 2. The van der Waals surface area contributed by atoms with Crippen LogP contribution in [-0.2, 0) is 11.3 Å². The number of benzene rings is 1. The van der Waals surface area contributed by atoms with Crippen LogP contribution < -0.4 is 0 Å². The third kappa shape index (κ3) is 2.18. The van der Waals surface area contributed by atoms with E-state index in [9.17, 15) is 9.59 Å². The van der Waals surface area contributed by atoms with Crippen molar-refractivity contribution in [1.29, 1.82) is 0 Å². The fourth-order valence-electron chi connectivity index (χ4n) is 2.74. The molecular formula is C15H16N4O2S. The van der Waals surface area contributed by atoms with Crippen LogP contribution in [0.5, 0.6) is 0 Å². The summed E-state index contributed by atoms with van der Waals surface area (Å²) in [4.78, 5) is 33.0. The van der Waals surface area contributed by atoms with Gasteiger partial charge in [0.2, 0.25) is 0 Å². The van der Waals surface area contributed by atoms with Crippen LogP contribution in [0.15, 0.2) is 29.3 Å². The quantitative estimate of drug-likeness (QED) is 0.774. The highest BCUT2D eigenvalue weighted by molar-refractivity contribution is 7.80. The number of aryl methyl sites for hydroxylation is 1. The van der Waals surface area contributed by atoms with Gasteiger partial charge in [0.25, 0.3) is 5.91 Å². The van der Waals surface area contributed by atoms with Gasteiger partial charge in [-0.3, -0.25) is 14.6 Å². The Balaban J connectivity index is 1.93. The topological polar surface area (TPSA) is 56.2 Å². The predicted molar refractivity (Wildman–Crippen MR) is 86.5 cm³/mol. The number of carbonyl (C=O) groups excluding carboxylic acids is 2. The van der Waals surface area contributed by atoms with Crippen LogP contribution >= 0.6 is 12.2 Å². The number of imide groups is 1. The first kappa shape index (κ1) is 14.6. The van der Waals surface area contributed by atoms with Crippen LogP contribution in [0.4, 0.5) is 4.79 Å². The lowest BCUT2D eigenvalue weighted by Gasteiger charge is -2.36. The van der Waals surface area contributed by atoms with Crippen LogP contribution in [0.2, 0.25) is 0 Å². The molecule has 1 saturated heterocycles. The van der Waals surface area contributed by atoms with Gasteiger partial charge in [-0.25, -0.2) is 9.79 Å². The summed E-state index contributed by atoms with van der Waals surface area (Å²) in [6.07, 6.45) is 0. The second kappa shape index (κ2) is 5.17. The third-order valence-corrected chi connectivity index (χ3v) is 4.26. The average molecular weight is 316 g/mol. The van der Waals surface area contributed by atoms with Gasteiger partial charge >= 0.3 is 6.03 Å². The van der Waals surface area contributed by atoms with Gasteiger partial charge in [0.05, 0.1) is 0 Å². The molecule has 0 aromatic heterocycles. The second-order valence-electron chi connectivity index (χ2n) is 5.51. The number of rotatable bonds is 2. The van der Waals surface area contributed by atoms with Crippen molar-refractivity contribution in [1.82, 2.24) is 14.7 Å². The lowest BCUT2D eigenvalue weighted by atomic mass is 10.1. The van der Waals surface area contributed by atoms with Crippen LogP contribution in [-0.4, -0.2) is 57.7 Å². The minimum atomic E-state index is -0.624. The molecule has 22 heavy (non-hydrogen) atoms. The Morgan fingerprint density at radius 1 is 1.23 bits per heavy atom. The standard InChI is InChI=1S/C15H16N4O2S/c1-9-5-4-6-10(7-9)8-19-11-12(16-14(19)22)17(2)15(21)18(3)13(11)20/h4-7,11H,8H2,1-3H3. The van der Waals surface area contributed by atoms with Crippen LogP contribution in [0.1, 0.15) is 11.1 Å². The Hall–Kier alpha value is -2.28. The Morgan fingerprint density at radius 3 is 2.64 bits per heavy atom. The molecule has 3 amide bonds. The van der Waals surface area contributed by atoms with Gasteiger partial charge in [0.1, 0.15) is 5.84 Å². The summed E-state index contributed by atoms with van der Waals surface area (Å²) in [6.45, 7) is 2.50. The van der Waals surface area contributed by atoms with E-state index in [1.54, 1.807) is 11.9 Å². The third-order valence-electron chi connectivity index (χ3n) is 3.93. The fraction of sp³-hybridized carbons (Fsp3) is 0.333. The number of fused-ring (bicyclic) bond motifs is 1. The zero-order chi connectivity index (χ0) is 16.0. The SMILES string of the molecule is Cc1cccc(CN2C(=S)N=C3C2C(=O)N(C)C(=O)N3C)c1. The number of urea groups is 1. The molecule has 0 saturated carbocycles. The van der Waals surface area contributed by atoms with Gasteiger partial charge in [-0.15, -0.1) is 0 Å². The molecule has 0 N–H and O–H groups in total. The summed E-state index contributed by atoms with van der Waals surface area (Å²) in [5, 5.41) is 0.338. The number of likely N-dealkylation sites (N-methyl/N-ethyl adjacent to an activating group) is 2. The predicted octanol–water partition coefficient (Wildman–Crippen LogP) is 1.39. The number of nitrogens with zero attached hydrogens (tertiary/aromatic N) is 4. The Labute approximate surface area is 134 Å². The number of amides is 3. The Bertz CT molecular complexity index is 715. The molecule has 6 nitrogen and oxygen atoms in total. The van der Waals surface area contributed by atoms with Gasteiger partial charge in [-0.2, -0.15) is 0 Å². The Morgan fingerprint density at radius 2 is 1.95 bits per heavy atom. The summed E-state index contributed by atoms with van der Waals surface area (Å²) in [5.74, 6) is 0.111. The molecule has 114 valence electrons. The van der Waals surface area contributed by atoms with Crippen molar-refractivity contribution < 1.29 is 9.59 Å². The fourth-order valence-corrected chi connectivity index (χ4v) is 3.01.